The molecule has 1 atom stereocenters. The summed E-state index contributed by atoms with van der Waals surface area (Å²) in [5.74, 6) is 0.920. The van der Waals surface area contributed by atoms with Crippen LogP contribution in [0, 0.1) is 0 Å². The zero-order valence-corrected chi connectivity index (χ0v) is 15.4. The molecular weight excluding hydrogens is 292 g/mol. The van der Waals surface area contributed by atoms with E-state index in [9.17, 15) is 0 Å². The van der Waals surface area contributed by atoms with Crippen molar-refractivity contribution >= 4 is 17.3 Å². The summed E-state index contributed by atoms with van der Waals surface area (Å²) in [4.78, 5) is 7.14. The first-order chi connectivity index (χ1) is 10.7. The van der Waals surface area contributed by atoms with Gasteiger partial charge in [-0.3, -0.25) is 0 Å². The zero-order valence-electron chi connectivity index (χ0n) is 14.6. The van der Waals surface area contributed by atoms with Gasteiger partial charge in [-0.25, -0.2) is 4.99 Å². The molecule has 1 heterocycles. The highest BCUT2D eigenvalue weighted by atomic mass is 32.1. The summed E-state index contributed by atoms with van der Waals surface area (Å²) in [6, 6.07) is 2.57. The molecule has 1 aromatic heterocycles. The van der Waals surface area contributed by atoms with Gasteiger partial charge in [0, 0.05) is 12.6 Å². The van der Waals surface area contributed by atoms with Crippen LogP contribution in [0.2, 0.25) is 0 Å². The van der Waals surface area contributed by atoms with E-state index in [2.05, 4.69) is 65.0 Å². The van der Waals surface area contributed by atoms with Crippen LogP contribution >= 0.6 is 11.3 Å². The summed E-state index contributed by atoms with van der Waals surface area (Å²) in [6.45, 7) is 13.9. The predicted molar refractivity (Wildman–Crippen MR) is 98.8 cm³/mol. The SMILES string of the molecule is CCNC(=NCc1ccsc1)NC(C)CCCN(CC)CC. The van der Waals surface area contributed by atoms with Gasteiger partial charge in [-0.05, 0) is 68.7 Å². The topological polar surface area (TPSA) is 39.7 Å². The lowest BCUT2D eigenvalue weighted by molar-refractivity contribution is 0.292. The van der Waals surface area contributed by atoms with Gasteiger partial charge < -0.3 is 15.5 Å². The third kappa shape index (κ3) is 7.80. The van der Waals surface area contributed by atoms with Crippen LogP contribution < -0.4 is 10.6 Å². The Morgan fingerprint density at radius 1 is 1.32 bits per heavy atom. The number of nitrogens with one attached hydrogen (secondary N) is 2. The fourth-order valence-electron chi connectivity index (χ4n) is 2.34. The van der Waals surface area contributed by atoms with Crippen LogP contribution in [0.25, 0.3) is 0 Å². The van der Waals surface area contributed by atoms with Crippen molar-refractivity contribution in [3.8, 4) is 0 Å². The van der Waals surface area contributed by atoms with Gasteiger partial charge in [0.1, 0.15) is 0 Å². The molecule has 0 aliphatic heterocycles. The van der Waals surface area contributed by atoms with Gasteiger partial charge in [0.15, 0.2) is 5.96 Å². The number of guanidine groups is 1. The maximum absolute atomic E-state index is 4.66. The first kappa shape index (κ1) is 19.0. The van der Waals surface area contributed by atoms with Crippen molar-refractivity contribution in [2.45, 2.75) is 53.1 Å². The Morgan fingerprint density at radius 3 is 2.68 bits per heavy atom. The van der Waals surface area contributed by atoms with Crippen molar-refractivity contribution in [1.29, 1.82) is 0 Å². The minimum Gasteiger partial charge on any atom is -0.357 e. The monoisotopic (exact) mass is 324 g/mol. The minimum absolute atomic E-state index is 0.441. The van der Waals surface area contributed by atoms with E-state index in [1.165, 1.54) is 24.9 Å². The quantitative estimate of drug-likeness (QED) is 0.512. The van der Waals surface area contributed by atoms with Crippen molar-refractivity contribution in [2.75, 3.05) is 26.2 Å². The van der Waals surface area contributed by atoms with Crippen molar-refractivity contribution in [2.24, 2.45) is 4.99 Å². The van der Waals surface area contributed by atoms with E-state index in [-0.39, 0.29) is 0 Å². The van der Waals surface area contributed by atoms with Gasteiger partial charge in [0.05, 0.1) is 6.54 Å². The van der Waals surface area contributed by atoms with E-state index in [4.69, 9.17) is 0 Å². The lowest BCUT2D eigenvalue weighted by atomic mass is 10.2. The molecule has 1 unspecified atom stereocenters. The fraction of sp³-hybridized carbons (Fsp3) is 0.706. The summed E-state index contributed by atoms with van der Waals surface area (Å²) in [5.41, 5.74) is 1.27. The smallest absolute Gasteiger partial charge is 0.191 e. The molecule has 0 fully saturated rings. The molecule has 4 nitrogen and oxygen atoms in total. The molecule has 0 aliphatic carbocycles. The standard InChI is InChI=1S/C17H32N4S/c1-5-18-17(19-13-16-10-12-22-14-16)20-15(4)9-8-11-21(6-2)7-3/h10,12,14-15H,5-9,11,13H2,1-4H3,(H2,18,19,20). The average molecular weight is 325 g/mol. The van der Waals surface area contributed by atoms with Gasteiger partial charge in [0.2, 0.25) is 0 Å². The van der Waals surface area contributed by atoms with Crippen LogP contribution in [0.15, 0.2) is 21.8 Å². The molecule has 126 valence electrons. The van der Waals surface area contributed by atoms with Crippen molar-refractivity contribution < 1.29 is 0 Å². The Balaban J connectivity index is 2.36. The van der Waals surface area contributed by atoms with Crippen LogP contribution in [0.3, 0.4) is 0 Å². The summed E-state index contributed by atoms with van der Waals surface area (Å²) in [7, 11) is 0. The van der Waals surface area contributed by atoms with Crippen molar-refractivity contribution in [1.82, 2.24) is 15.5 Å². The molecule has 1 aromatic rings. The number of thiophene rings is 1. The second kappa shape index (κ2) is 11.5. The molecule has 0 radical (unpaired) electrons. The van der Waals surface area contributed by atoms with Gasteiger partial charge in [0.25, 0.3) is 0 Å². The summed E-state index contributed by atoms with van der Waals surface area (Å²) in [5, 5.41) is 11.1. The van der Waals surface area contributed by atoms with E-state index in [1.54, 1.807) is 11.3 Å². The summed E-state index contributed by atoms with van der Waals surface area (Å²) in [6.07, 6.45) is 2.39. The molecule has 0 spiro atoms. The average Bonchev–Trinajstić information content (AvgIpc) is 3.03. The van der Waals surface area contributed by atoms with E-state index in [0.29, 0.717) is 6.04 Å². The maximum Gasteiger partial charge on any atom is 0.191 e. The van der Waals surface area contributed by atoms with Crippen LogP contribution in [0.1, 0.15) is 46.1 Å². The lowest BCUT2D eigenvalue weighted by Gasteiger charge is -2.21. The maximum atomic E-state index is 4.66. The molecule has 0 bridgehead atoms. The molecule has 0 amide bonds. The Bertz CT molecular complexity index is 399. The summed E-state index contributed by atoms with van der Waals surface area (Å²) >= 11 is 1.72. The van der Waals surface area contributed by atoms with E-state index in [1.807, 2.05) is 0 Å². The highest BCUT2D eigenvalue weighted by Gasteiger charge is 2.06. The Morgan fingerprint density at radius 2 is 2.09 bits per heavy atom. The molecule has 0 aromatic carbocycles. The van der Waals surface area contributed by atoms with Crippen LogP contribution in [0.4, 0.5) is 0 Å². The second-order valence-electron chi connectivity index (χ2n) is 5.54. The molecule has 2 N–H and O–H groups in total. The molecular formula is C17H32N4S. The second-order valence-corrected chi connectivity index (χ2v) is 6.32. The number of nitrogens with zero attached hydrogens (tertiary/aromatic N) is 2. The third-order valence-electron chi connectivity index (χ3n) is 3.73. The highest BCUT2D eigenvalue weighted by Crippen LogP contribution is 2.07. The number of hydrogen-bond donors (Lipinski definition) is 2. The van der Waals surface area contributed by atoms with Crippen molar-refractivity contribution in [3.63, 3.8) is 0 Å². The third-order valence-corrected chi connectivity index (χ3v) is 4.47. The van der Waals surface area contributed by atoms with E-state index >= 15 is 0 Å². The number of rotatable bonds is 10. The predicted octanol–water partition coefficient (Wildman–Crippen LogP) is 3.31. The molecule has 1 rings (SSSR count). The lowest BCUT2D eigenvalue weighted by Crippen LogP contribution is -2.42. The Labute approximate surface area is 140 Å². The van der Waals surface area contributed by atoms with E-state index < -0.39 is 0 Å². The summed E-state index contributed by atoms with van der Waals surface area (Å²) < 4.78 is 0. The number of aliphatic imine (C=N–C) groups is 1. The molecule has 22 heavy (non-hydrogen) atoms. The van der Waals surface area contributed by atoms with Crippen LogP contribution in [-0.2, 0) is 6.54 Å². The van der Waals surface area contributed by atoms with Crippen LogP contribution in [-0.4, -0.2) is 43.1 Å². The van der Waals surface area contributed by atoms with Gasteiger partial charge >= 0.3 is 0 Å². The highest BCUT2D eigenvalue weighted by molar-refractivity contribution is 7.07. The first-order valence-corrected chi connectivity index (χ1v) is 9.42. The largest absolute Gasteiger partial charge is 0.357 e. The molecule has 5 heteroatoms. The van der Waals surface area contributed by atoms with Gasteiger partial charge in [-0.1, -0.05) is 13.8 Å². The number of hydrogen-bond acceptors (Lipinski definition) is 3. The van der Waals surface area contributed by atoms with Crippen molar-refractivity contribution in [3.05, 3.63) is 22.4 Å². The Hall–Kier alpha value is -1.07. The minimum atomic E-state index is 0.441. The van der Waals surface area contributed by atoms with Crippen LogP contribution in [0.5, 0.6) is 0 Å². The fourth-order valence-corrected chi connectivity index (χ4v) is 3.00. The van der Waals surface area contributed by atoms with Gasteiger partial charge in [-0.2, -0.15) is 11.3 Å². The first-order valence-electron chi connectivity index (χ1n) is 8.47. The normalized spacial score (nSPS) is 13.4. The molecule has 0 aliphatic rings. The zero-order chi connectivity index (χ0) is 16.2. The van der Waals surface area contributed by atoms with E-state index in [0.717, 1.165) is 32.1 Å². The van der Waals surface area contributed by atoms with Gasteiger partial charge in [-0.15, -0.1) is 0 Å². The molecule has 0 saturated heterocycles. The molecule has 0 saturated carbocycles. The Kier molecular flexibility index (Phi) is 9.91.